The molecule has 0 aliphatic carbocycles. The van der Waals surface area contributed by atoms with E-state index in [2.05, 4.69) is 0 Å². The van der Waals surface area contributed by atoms with Gasteiger partial charge in [-0.15, -0.1) is 0 Å². The first-order valence-corrected chi connectivity index (χ1v) is 7.83. The molecule has 1 aromatic rings. The maximum Gasteiger partial charge on any atom is 0.308 e. The van der Waals surface area contributed by atoms with Crippen molar-refractivity contribution in [3.63, 3.8) is 0 Å². The summed E-state index contributed by atoms with van der Waals surface area (Å²) in [7, 11) is 0. The number of benzene rings is 1. The van der Waals surface area contributed by atoms with Crippen molar-refractivity contribution in [2.45, 2.75) is 32.3 Å². The minimum Gasteiger partial charge on any atom is -0.481 e. The zero-order valence-corrected chi connectivity index (χ0v) is 13.3. The van der Waals surface area contributed by atoms with Crippen LogP contribution in [0.1, 0.15) is 26.2 Å². The van der Waals surface area contributed by atoms with Crippen molar-refractivity contribution in [1.82, 2.24) is 4.90 Å². The number of nitrogens with zero attached hydrogens (tertiary/aromatic N) is 1. The SMILES string of the molecule is CCC(Oc1ccccc1Cl)C(=O)N1CCC[C@H](C(=O)O)C1. The fourth-order valence-corrected chi connectivity index (χ4v) is 2.76. The molecule has 1 unspecified atom stereocenters. The predicted octanol–water partition coefficient (Wildman–Crippen LogP) is 2.82. The van der Waals surface area contributed by atoms with Crippen molar-refractivity contribution >= 4 is 23.5 Å². The van der Waals surface area contributed by atoms with Gasteiger partial charge in [0.2, 0.25) is 0 Å². The Bertz CT molecular complexity index is 549. The number of hydrogen-bond donors (Lipinski definition) is 1. The zero-order chi connectivity index (χ0) is 16.1. The molecule has 1 N–H and O–H groups in total. The van der Waals surface area contributed by atoms with Gasteiger partial charge in [0.25, 0.3) is 5.91 Å². The lowest BCUT2D eigenvalue weighted by atomic mass is 9.97. The zero-order valence-electron chi connectivity index (χ0n) is 12.5. The summed E-state index contributed by atoms with van der Waals surface area (Å²) in [5.74, 6) is -1.04. The average molecular weight is 326 g/mol. The topological polar surface area (TPSA) is 66.8 Å². The Balaban J connectivity index is 2.05. The Labute approximate surface area is 134 Å². The first-order chi connectivity index (χ1) is 10.5. The van der Waals surface area contributed by atoms with Gasteiger partial charge < -0.3 is 14.7 Å². The first-order valence-electron chi connectivity index (χ1n) is 7.45. The average Bonchev–Trinajstić information content (AvgIpc) is 2.53. The number of carboxylic acid groups (broad SMARTS) is 1. The molecule has 0 bridgehead atoms. The van der Waals surface area contributed by atoms with Gasteiger partial charge in [-0.05, 0) is 31.4 Å². The van der Waals surface area contributed by atoms with Crippen LogP contribution in [-0.4, -0.2) is 41.1 Å². The van der Waals surface area contributed by atoms with Gasteiger partial charge in [0.15, 0.2) is 6.10 Å². The predicted molar refractivity (Wildman–Crippen MR) is 83.1 cm³/mol. The van der Waals surface area contributed by atoms with Gasteiger partial charge in [0.1, 0.15) is 5.75 Å². The highest BCUT2D eigenvalue weighted by molar-refractivity contribution is 6.32. The summed E-state index contributed by atoms with van der Waals surface area (Å²) in [5.41, 5.74) is 0. The van der Waals surface area contributed by atoms with E-state index >= 15 is 0 Å². The van der Waals surface area contributed by atoms with Crippen molar-refractivity contribution in [3.05, 3.63) is 29.3 Å². The molecule has 6 heteroatoms. The number of amides is 1. The number of hydrogen-bond acceptors (Lipinski definition) is 3. The fraction of sp³-hybridized carbons (Fsp3) is 0.500. The summed E-state index contributed by atoms with van der Waals surface area (Å²) in [4.78, 5) is 25.3. The number of likely N-dealkylation sites (tertiary alicyclic amines) is 1. The third-order valence-corrected chi connectivity index (χ3v) is 4.15. The summed E-state index contributed by atoms with van der Waals surface area (Å²) in [6, 6.07) is 7.00. The highest BCUT2D eigenvalue weighted by atomic mass is 35.5. The number of para-hydroxylation sites is 1. The Morgan fingerprint density at radius 3 is 2.82 bits per heavy atom. The Hall–Kier alpha value is -1.75. The molecule has 22 heavy (non-hydrogen) atoms. The van der Waals surface area contributed by atoms with Gasteiger partial charge >= 0.3 is 5.97 Å². The van der Waals surface area contributed by atoms with E-state index in [1.54, 1.807) is 29.2 Å². The largest absolute Gasteiger partial charge is 0.481 e. The van der Waals surface area contributed by atoms with Crippen LogP contribution in [0.3, 0.4) is 0 Å². The Morgan fingerprint density at radius 1 is 1.45 bits per heavy atom. The molecule has 1 aliphatic heterocycles. The van der Waals surface area contributed by atoms with Crippen LogP contribution in [0.25, 0.3) is 0 Å². The van der Waals surface area contributed by atoms with Crippen LogP contribution in [0.15, 0.2) is 24.3 Å². The first kappa shape index (κ1) is 16.6. The maximum absolute atomic E-state index is 12.6. The van der Waals surface area contributed by atoms with E-state index in [0.29, 0.717) is 36.6 Å². The van der Waals surface area contributed by atoms with Gasteiger partial charge in [-0.25, -0.2) is 0 Å². The number of carbonyl (C=O) groups excluding carboxylic acids is 1. The summed E-state index contributed by atoms with van der Waals surface area (Å²) in [6.07, 6.45) is 1.16. The van der Waals surface area contributed by atoms with E-state index in [1.165, 1.54) is 0 Å². The molecule has 0 radical (unpaired) electrons. The number of carboxylic acids is 1. The molecule has 0 spiro atoms. The van der Waals surface area contributed by atoms with Crippen LogP contribution in [0.5, 0.6) is 5.75 Å². The molecule has 0 aromatic heterocycles. The third kappa shape index (κ3) is 3.91. The van der Waals surface area contributed by atoms with Gasteiger partial charge in [0.05, 0.1) is 10.9 Å². The van der Waals surface area contributed by atoms with Crippen molar-refractivity contribution in [2.75, 3.05) is 13.1 Å². The summed E-state index contributed by atoms with van der Waals surface area (Å²) in [6.45, 7) is 2.68. The summed E-state index contributed by atoms with van der Waals surface area (Å²) >= 11 is 6.05. The molecule has 1 amide bonds. The van der Waals surface area contributed by atoms with Crippen molar-refractivity contribution in [1.29, 1.82) is 0 Å². The van der Waals surface area contributed by atoms with Gasteiger partial charge in [-0.2, -0.15) is 0 Å². The molecule has 0 saturated carbocycles. The summed E-state index contributed by atoms with van der Waals surface area (Å²) < 4.78 is 5.73. The fourth-order valence-electron chi connectivity index (χ4n) is 2.58. The van der Waals surface area contributed by atoms with Crippen molar-refractivity contribution in [2.24, 2.45) is 5.92 Å². The molecule has 1 heterocycles. The van der Waals surface area contributed by atoms with Crippen LogP contribution >= 0.6 is 11.6 Å². The number of carbonyl (C=O) groups is 2. The van der Waals surface area contributed by atoms with Crippen LogP contribution < -0.4 is 4.74 Å². The quantitative estimate of drug-likeness (QED) is 0.904. The summed E-state index contributed by atoms with van der Waals surface area (Å²) in [5, 5.41) is 9.57. The second kappa shape index (κ2) is 7.49. The molecule has 2 atom stereocenters. The molecule has 2 rings (SSSR count). The number of rotatable bonds is 5. The van der Waals surface area contributed by atoms with E-state index in [9.17, 15) is 9.59 Å². The van der Waals surface area contributed by atoms with Crippen LogP contribution in [0, 0.1) is 5.92 Å². The lowest BCUT2D eigenvalue weighted by Crippen LogP contribution is -2.48. The van der Waals surface area contributed by atoms with Crippen LogP contribution in [0.2, 0.25) is 5.02 Å². The molecule has 1 fully saturated rings. The van der Waals surface area contributed by atoms with Gasteiger partial charge in [0, 0.05) is 13.1 Å². The Kier molecular flexibility index (Phi) is 5.66. The van der Waals surface area contributed by atoms with Gasteiger partial charge in [-0.3, -0.25) is 9.59 Å². The standard InChI is InChI=1S/C16H20ClNO4/c1-2-13(22-14-8-4-3-7-12(14)17)15(19)18-9-5-6-11(10-18)16(20)21/h3-4,7-8,11,13H,2,5-6,9-10H2,1H3,(H,20,21)/t11-,13?/m0/s1. The molecule has 1 aromatic carbocycles. The molecular formula is C16H20ClNO4. The molecular weight excluding hydrogens is 306 g/mol. The van der Waals surface area contributed by atoms with E-state index in [0.717, 1.165) is 0 Å². The lowest BCUT2D eigenvalue weighted by Gasteiger charge is -2.33. The number of aliphatic carboxylic acids is 1. The van der Waals surface area contributed by atoms with E-state index in [4.69, 9.17) is 21.4 Å². The van der Waals surface area contributed by atoms with E-state index < -0.39 is 18.0 Å². The van der Waals surface area contributed by atoms with Crippen molar-refractivity contribution in [3.8, 4) is 5.75 Å². The second-order valence-corrected chi connectivity index (χ2v) is 5.81. The lowest BCUT2D eigenvalue weighted by molar-refractivity contribution is -0.148. The maximum atomic E-state index is 12.6. The smallest absolute Gasteiger partial charge is 0.308 e. The highest BCUT2D eigenvalue weighted by Gasteiger charge is 2.32. The van der Waals surface area contributed by atoms with Crippen LogP contribution in [0.4, 0.5) is 0 Å². The number of piperidine rings is 1. The normalized spacial score (nSPS) is 19.5. The number of ether oxygens (including phenoxy) is 1. The minimum absolute atomic E-state index is 0.173. The molecule has 5 nitrogen and oxygen atoms in total. The molecule has 1 saturated heterocycles. The van der Waals surface area contributed by atoms with E-state index in [-0.39, 0.29) is 12.5 Å². The Morgan fingerprint density at radius 2 is 2.18 bits per heavy atom. The molecule has 1 aliphatic rings. The van der Waals surface area contributed by atoms with Crippen molar-refractivity contribution < 1.29 is 19.4 Å². The molecule has 120 valence electrons. The van der Waals surface area contributed by atoms with E-state index in [1.807, 2.05) is 6.92 Å². The minimum atomic E-state index is -0.849. The monoisotopic (exact) mass is 325 g/mol. The highest BCUT2D eigenvalue weighted by Crippen LogP contribution is 2.26. The second-order valence-electron chi connectivity index (χ2n) is 5.41. The van der Waals surface area contributed by atoms with Gasteiger partial charge in [-0.1, -0.05) is 30.7 Å². The number of halogens is 1. The van der Waals surface area contributed by atoms with Crippen LogP contribution in [-0.2, 0) is 9.59 Å². The third-order valence-electron chi connectivity index (χ3n) is 3.83.